The van der Waals surface area contributed by atoms with E-state index < -0.39 is 0 Å². The molecule has 0 saturated carbocycles. The van der Waals surface area contributed by atoms with Gasteiger partial charge in [0.2, 0.25) is 0 Å². The van der Waals surface area contributed by atoms with E-state index in [0.717, 1.165) is 6.42 Å². The number of ether oxygens (including phenoxy) is 1. The minimum absolute atomic E-state index is 0.676. The summed E-state index contributed by atoms with van der Waals surface area (Å²) in [6.07, 6.45) is 0.760. The van der Waals surface area contributed by atoms with Gasteiger partial charge in [-0.05, 0) is 0 Å². The molecule has 0 aliphatic rings. The monoisotopic (exact) mass is 101 g/mol. The van der Waals surface area contributed by atoms with Gasteiger partial charge in [0.15, 0.2) is 0 Å². The van der Waals surface area contributed by atoms with E-state index in [1.807, 2.05) is 0 Å². The Morgan fingerprint density at radius 2 is 2.43 bits per heavy atom. The summed E-state index contributed by atoms with van der Waals surface area (Å²) in [6.45, 7) is 4.17. The van der Waals surface area contributed by atoms with Crippen LogP contribution in [-0.4, -0.2) is 13.7 Å². The minimum Gasteiger partial charge on any atom is -0.402 e. The molecule has 0 aromatic rings. The highest BCUT2D eigenvalue weighted by molar-refractivity contribution is 4.84. The molecule has 0 atom stereocenters. The van der Waals surface area contributed by atoms with E-state index in [1.54, 1.807) is 7.11 Å². The Balaban J connectivity index is 2.82. The van der Waals surface area contributed by atoms with Crippen LogP contribution in [0.25, 0.3) is 0 Å². The summed E-state index contributed by atoms with van der Waals surface area (Å²) >= 11 is 0. The van der Waals surface area contributed by atoms with Gasteiger partial charge < -0.3 is 10.5 Å². The summed E-state index contributed by atoms with van der Waals surface area (Å²) < 4.78 is 4.71. The number of methoxy groups -OCH3 is 1. The predicted molar refractivity (Wildman–Crippen MR) is 29.8 cm³/mol. The van der Waals surface area contributed by atoms with E-state index in [1.165, 1.54) is 0 Å². The molecule has 0 bridgehead atoms. The molecule has 0 radical (unpaired) electrons. The second-order valence-electron chi connectivity index (χ2n) is 1.40. The fourth-order valence-electron chi connectivity index (χ4n) is 0.233. The van der Waals surface area contributed by atoms with Gasteiger partial charge in [0.1, 0.15) is 0 Å². The summed E-state index contributed by atoms with van der Waals surface area (Å²) in [5.74, 6) is 0. The molecule has 0 aliphatic carbocycles. The van der Waals surface area contributed by atoms with E-state index >= 15 is 0 Å². The van der Waals surface area contributed by atoms with E-state index in [2.05, 4.69) is 6.58 Å². The normalized spacial score (nSPS) is 8.71. The zero-order chi connectivity index (χ0) is 5.70. The molecule has 0 heterocycles. The molecule has 42 valence electrons. The third kappa shape index (κ3) is 5.50. The molecule has 0 rings (SSSR count). The van der Waals surface area contributed by atoms with Crippen molar-refractivity contribution in [2.75, 3.05) is 13.7 Å². The van der Waals surface area contributed by atoms with Crippen molar-refractivity contribution in [2.24, 2.45) is 5.73 Å². The van der Waals surface area contributed by atoms with Crippen LogP contribution in [0, 0.1) is 0 Å². The molecular weight excluding hydrogens is 90.1 g/mol. The van der Waals surface area contributed by atoms with Crippen LogP contribution in [0.2, 0.25) is 0 Å². The lowest BCUT2D eigenvalue weighted by atomic mass is 10.4. The van der Waals surface area contributed by atoms with Crippen molar-refractivity contribution in [2.45, 2.75) is 6.42 Å². The highest BCUT2D eigenvalue weighted by Crippen LogP contribution is 1.85. The number of rotatable bonds is 3. The highest BCUT2D eigenvalue weighted by atomic mass is 16.5. The van der Waals surface area contributed by atoms with E-state index in [0.29, 0.717) is 12.3 Å². The highest BCUT2D eigenvalue weighted by Gasteiger charge is 1.81. The topological polar surface area (TPSA) is 35.2 Å². The second-order valence-corrected chi connectivity index (χ2v) is 1.40. The van der Waals surface area contributed by atoms with Gasteiger partial charge in [-0.25, -0.2) is 0 Å². The first kappa shape index (κ1) is 6.50. The van der Waals surface area contributed by atoms with Gasteiger partial charge >= 0.3 is 0 Å². The molecule has 2 heteroatoms. The van der Waals surface area contributed by atoms with Gasteiger partial charge in [0, 0.05) is 19.2 Å². The Morgan fingerprint density at radius 1 is 1.86 bits per heavy atom. The van der Waals surface area contributed by atoms with Crippen LogP contribution < -0.4 is 5.73 Å². The Hall–Kier alpha value is -0.500. The number of hydrogen-bond acceptors (Lipinski definition) is 2. The molecule has 0 aromatic carbocycles. The molecule has 0 amide bonds. The van der Waals surface area contributed by atoms with Crippen molar-refractivity contribution < 1.29 is 4.74 Å². The van der Waals surface area contributed by atoms with E-state index in [9.17, 15) is 0 Å². The van der Waals surface area contributed by atoms with Crippen LogP contribution in [0.15, 0.2) is 12.3 Å². The Kier molecular flexibility index (Phi) is 3.42. The molecule has 0 saturated heterocycles. The van der Waals surface area contributed by atoms with Crippen molar-refractivity contribution >= 4 is 0 Å². The smallest absolute Gasteiger partial charge is 0.0516 e. The largest absolute Gasteiger partial charge is 0.402 e. The molecule has 7 heavy (non-hydrogen) atoms. The van der Waals surface area contributed by atoms with E-state index in [4.69, 9.17) is 10.5 Å². The zero-order valence-electron chi connectivity index (χ0n) is 4.61. The number of nitrogens with two attached hydrogens (primary N) is 1. The van der Waals surface area contributed by atoms with Crippen LogP contribution in [-0.2, 0) is 4.74 Å². The Labute approximate surface area is 44.0 Å². The van der Waals surface area contributed by atoms with Gasteiger partial charge in [-0.15, -0.1) is 0 Å². The summed E-state index contributed by atoms with van der Waals surface area (Å²) in [5, 5.41) is 0. The Bertz CT molecular complexity index is 61.1. The lowest BCUT2D eigenvalue weighted by Gasteiger charge is -1.94. The van der Waals surface area contributed by atoms with Crippen molar-refractivity contribution in [1.82, 2.24) is 0 Å². The maximum absolute atomic E-state index is 5.20. The fourth-order valence-corrected chi connectivity index (χ4v) is 0.233. The predicted octanol–water partition coefficient (Wildman–Crippen LogP) is 0.495. The van der Waals surface area contributed by atoms with Crippen molar-refractivity contribution in [1.29, 1.82) is 0 Å². The Morgan fingerprint density at radius 3 is 2.57 bits per heavy atom. The SMILES string of the molecule is C=C(N)CCOC. The van der Waals surface area contributed by atoms with Gasteiger partial charge in [-0.2, -0.15) is 0 Å². The summed E-state index contributed by atoms with van der Waals surface area (Å²) in [7, 11) is 1.64. The first-order valence-electron chi connectivity index (χ1n) is 2.19. The van der Waals surface area contributed by atoms with Crippen molar-refractivity contribution in [3.63, 3.8) is 0 Å². The second kappa shape index (κ2) is 3.68. The summed E-state index contributed by atoms with van der Waals surface area (Å²) in [6, 6.07) is 0. The quantitative estimate of drug-likeness (QED) is 0.561. The summed E-state index contributed by atoms with van der Waals surface area (Å²) in [4.78, 5) is 0. The third-order valence-electron chi connectivity index (χ3n) is 0.627. The molecule has 0 aliphatic heterocycles. The summed E-state index contributed by atoms with van der Waals surface area (Å²) in [5.41, 5.74) is 5.89. The standard InChI is InChI=1S/C5H11NO/c1-5(6)3-4-7-2/h1,3-4,6H2,2H3. The van der Waals surface area contributed by atoms with Gasteiger partial charge in [0.05, 0.1) is 6.61 Å². The van der Waals surface area contributed by atoms with Crippen LogP contribution in [0.4, 0.5) is 0 Å². The van der Waals surface area contributed by atoms with E-state index in [-0.39, 0.29) is 0 Å². The molecule has 0 fully saturated rings. The van der Waals surface area contributed by atoms with Crippen molar-refractivity contribution in [3.05, 3.63) is 12.3 Å². The van der Waals surface area contributed by atoms with Crippen LogP contribution in [0.5, 0.6) is 0 Å². The molecule has 0 spiro atoms. The lowest BCUT2D eigenvalue weighted by molar-refractivity contribution is 0.202. The first-order chi connectivity index (χ1) is 3.27. The molecule has 2 N–H and O–H groups in total. The van der Waals surface area contributed by atoms with Crippen LogP contribution >= 0.6 is 0 Å². The number of hydrogen-bond donors (Lipinski definition) is 1. The zero-order valence-corrected chi connectivity index (χ0v) is 4.61. The first-order valence-corrected chi connectivity index (χ1v) is 2.19. The molecule has 0 unspecified atom stereocenters. The van der Waals surface area contributed by atoms with Crippen LogP contribution in [0.3, 0.4) is 0 Å². The van der Waals surface area contributed by atoms with Gasteiger partial charge in [0.25, 0.3) is 0 Å². The molecular formula is C5H11NO. The molecule has 2 nitrogen and oxygen atoms in total. The molecule has 0 aromatic heterocycles. The third-order valence-corrected chi connectivity index (χ3v) is 0.627. The average molecular weight is 101 g/mol. The van der Waals surface area contributed by atoms with Gasteiger partial charge in [-0.3, -0.25) is 0 Å². The van der Waals surface area contributed by atoms with Crippen LogP contribution in [0.1, 0.15) is 6.42 Å². The maximum Gasteiger partial charge on any atom is 0.0516 e. The van der Waals surface area contributed by atoms with Crippen molar-refractivity contribution in [3.8, 4) is 0 Å². The maximum atomic E-state index is 5.20. The minimum atomic E-state index is 0.676. The van der Waals surface area contributed by atoms with Gasteiger partial charge in [-0.1, -0.05) is 6.58 Å². The lowest BCUT2D eigenvalue weighted by Crippen LogP contribution is -1.98. The fraction of sp³-hybridized carbons (Fsp3) is 0.600. The average Bonchev–Trinajstić information content (AvgIpc) is 1.61.